The first kappa shape index (κ1) is 12.8. The van der Waals surface area contributed by atoms with Gasteiger partial charge in [0.15, 0.2) is 0 Å². The van der Waals surface area contributed by atoms with E-state index in [1.54, 1.807) is 18.0 Å². The molecule has 0 saturated heterocycles. The highest BCUT2D eigenvalue weighted by molar-refractivity contribution is 7.98. The molecule has 86 valence electrons. The van der Waals surface area contributed by atoms with E-state index in [4.69, 9.17) is 17.4 Å². The third-order valence-corrected chi connectivity index (χ3v) is 3.09. The van der Waals surface area contributed by atoms with Crippen LogP contribution in [0.5, 0.6) is 0 Å². The molecule has 6 heteroatoms. The van der Waals surface area contributed by atoms with Crippen molar-refractivity contribution in [3.63, 3.8) is 0 Å². The van der Waals surface area contributed by atoms with Gasteiger partial charge in [0.2, 0.25) is 0 Å². The molecule has 0 spiro atoms. The lowest BCUT2D eigenvalue weighted by atomic mass is 10.2. The van der Waals surface area contributed by atoms with E-state index in [2.05, 4.69) is 17.4 Å². The maximum atomic E-state index is 6.10. The van der Waals surface area contributed by atoms with Crippen LogP contribution in [-0.4, -0.2) is 21.8 Å². The minimum atomic E-state index is 0.0570. The number of aromatic nitrogens is 2. The second-order valence-corrected chi connectivity index (χ2v) is 4.59. The van der Waals surface area contributed by atoms with E-state index in [1.165, 1.54) is 0 Å². The van der Waals surface area contributed by atoms with Gasteiger partial charge in [0.1, 0.15) is 0 Å². The van der Waals surface area contributed by atoms with Crippen LogP contribution in [0.1, 0.15) is 25.1 Å². The summed E-state index contributed by atoms with van der Waals surface area (Å²) in [5.41, 5.74) is 3.76. The number of nitrogens with two attached hydrogens (primary N) is 1. The second kappa shape index (κ2) is 6.37. The number of nitrogens with one attached hydrogen (secondary N) is 1. The van der Waals surface area contributed by atoms with Crippen molar-refractivity contribution >= 4 is 23.4 Å². The third kappa shape index (κ3) is 3.11. The Bertz CT molecular complexity index is 302. The lowest BCUT2D eigenvalue weighted by Crippen LogP contribution is -2.31. The van der Waals surface area contributed by atoms with E-state index in [-0.39, 0.29) is 6.04 Å². The molecule has 1 unspecified atom stereocenters. The SMILES string of the molecule is CCCn1ncc(Cl)c1C(CSC)NN. The molecule has 1 rings (SSSR count). The number of nitrogens with zero attached hydrogens (tertiary/aromatic N) is 2. The maximum absolute atomic E-state index is 6.10. The Morgan fingerprint density at radius 1 is 1.73 bits per heavy atom. The van der Waals surface area contributed by atoms with Gasteiger partial charge in [0.25, 0.3) is 0 Å². The van der Waals surface area contributed by atoms with E-state index in [9.17, 15) is 0 Å². The summed E-state index contributed by atoms with van der Waals surface area (Å²) in [4.78, 5) is 0. The number of halogens is 1. The summed E-state index contributed by atoms with van der Waals surface area (Å²) in [5.74, 6) is 6.40. The monoisotopic (exact) mass is 248 g/mol. The predicted octanol–water partition coefficient (Wildman–Crippen LogP) is 1.81. The molecule has 0 bridgehead atoms. The molecular weight excluding hydrogens is 232 g/mol. The standard InChI is InChI=1S/C9H17ClN4S/c1-3-4-14-9(7(10)5-12-14)8(13-11)6-15-2/h5,8,13H,3-4,6,11H2,1-2H3. The molecule has 3 N–H and O–H groups in total. The molecule has 15 heavy (non-hydrogen) atoms. The first-order valence-electron chi connectivity index (χ1n) is 4.90. The van der Waals surface area contributed by atoms with Crippen molar-refractivity contribution in [3.8, 4) is 0 Å². The first-order valence-corrected chi connectivity index (χ1v) is 6.68. The summed E-state index contributed by atoms with van der Waals surface area (Å²) in [5, 5.41) is 4.92. The van der Waals surface area contributed by atoms with Gasteiger partial charge in [0.05, 0.1) is 23.0 Å². The molecule has 0 aliphatic heterocycles. The molecule has 1 aromatic heterocycles. The van der Waals surface area contributed by atoms with Gasteiger partial charge in [-0.25, -0.2) is 0 Å². The van der Waals surface area contributed by atoms with Gasteiger partial charge in [-0.1, -0.05) is 18.5 Å². The molecule has 1 heterocycles. The van der Waals surface area contributed by atoms with Gasteiger partial charge in [-0.05, 0) is 12.7 Å². The van der Waals surface area contributed by atoms with Crippen molar-refractivity contribution < 1.29 is 0 Å². The molecule has 0 amide bonds. The number of hydrogen-bond donors (Lipinski definition) is 2. The summed E-state index contributed by atoms with van der Waals surface area (Å²) >= 11 is 7.83. The Labute approximate surface area is 99.5 Å². The van der Waals surface area contributed by atoms with E-state index in [1.807, 2.05) is 10.9 Å². The minimum Gasteiger partial charge on any atom is -0.271 e. The first-order chi connectivity index (χ1) is 7.24. The summed E-state index contributed by atoms with van der Waals surface area (Å²) in [6, 6.07) is 0.0570. The zero-order valence-electron chi connectivity index (χ0n) is 9.03. The van der Waals surface area contributed by atoms with Crippen LogP contribution in [0.15, 0.2) is 6.20 Å². The fourth-order valence-electron chi connectivity index (χ4n) is 1.48. The number of hydrazine groups is 1. The molecular formula is C9H17ClN4S. The summed E-state index contributed by atoms with van der Waals surface area (Å²) in [6.45, 7) is 2.98. The van der Waals surface area contributed by atoms with E-state index >= 15 is 0 Å². The van der Waals surface area contributed by atoms with Gasteiger partial charge in [-0.3, -0.25) is 16.0 Å². The summed E-state index contributed by atoms with van der Waals surface area (Å²) in [6.07, 6.45) is 4.75. The van der Waals surface area contributed by atoms with Crippen molar-refractivity contribution in [2.45, 2.75) is 25.9 Å². The topological polar surface area (TPSA) is 55.9 Å². The molecule has 0 radical (unpaired) electrons. The van der Waals surface area contributed by atoms with Gasteiger partial charge >= 0.3 is 0 Å². The smallest absolute Gasteiger partial charge is 0.0834 e. The molecule has 0 saturated carbocycles. The highest BCUT2D eigenvalue weighted by Gasteiger charge is 2.18. The lowest BCUT2D eigenvalue weighted by Gasteiger charge is -2.17. The number of thioether (sulfide) groups is 1. The second-order valence-electron chi connectivity index (χ2n) is 3.28. The van der Waals surface area contributed by atoms with Gasteiger partial charge in [0, 0.05) is 12.3 Å². The van der Waals surface area contributed by atoms with Crippen LogP contribution in [0.4, 0.5) is 0 Å². The minimum absolute atomic E-state index is 0.0570. The van der Waals surface area contributed by atoms with Crippen LogP contribution >= 0.6 is 23.4 Å². The number of aryl methyl sites for hydroxylation is 1. The summed E-state index contributed by atoms with van der Waals surface area (Å²) in [7, 11) is 0. The van der Waals surface area contributed by atoms with Crippen LogP contribution in [0.3, 0.4) is 0 Å². The van der Waals surface area contributed by atoms with E-state index < -0.39 is 0 Å². The Kier molecular flexibility index (Phi) is 5.45. The average Bonchev–Trinajstić information content (AvgIpc) is 2.58. The van der Waals surface area contributed by atoms with Crippen molar-refractivity contribution in [1.82, 2.24) is 15.2 Å². The van der Waals surface area contributed by atoms with Crippen molar-refractivity contribution in [3.05, 3.63) is 16.9 Å². The highest BCUT2D eigenvalue weighted by atomic mass is 35.5. The van der Waals surface area contributed by atoms with Crippen molar-refractivity contribution in [2.24, 2.45) is 5.84 Å². The third-order valence-electron chi connectivity index (χ3n) is 2.13. The molecule has 1 atom stereocenters. The van der Waals surface area contributed by atoms with Crippen molar-refractivity contribution in [2.75, 3.05) is 12.0 Å². The fourth-order valence-corrected chi connectivity index (χ4v) is 2.34. The Morgan fingerprint density at radius 2 is 2.47 bits per heavy atom. The van der Waals surface area contributed by atoms with Crippen molar-refractivity contribution in [1.29, 1.82) is 0 Å². The molecule has 0 aliphatic carbocycles. The van der Waals surface area contributed by atoms with Crippen LogP contribution in [-0.2, 0) is 6.54 Å². The Hall–Kier alpha value is -0.230. The normalized spacial score (nSPS) is 13.1. The molecule has 0 fully saturated rings. The fraction of sp³-hybridized carbons (Fsp3) is 0.667. The zero-order valence-corrected chi connectivity index (χ0v) is 10.6. The lowest BCUT2D eigenvalue weighted by molar-refractivity contribution is 0.509. The zero-order chi connectivity index (χ0) is 11.3. The van der Waals surface area contributed by atoms with Gasteiger partial charge in [-0.2, -0.15) is 16.9 Å². The van der Waals surface area contributed by atoms with Crippen LogP contribution < -0.4 is 11.3 Å². The predicted molar refractivity (Wildman–Crippen MR) is 66.0 cm³/mol. The number of hydrogen-bond acceptors (Lipinski definition) is 4. The van der Waals surface area contributed by atoms with E-state index in [0.717, 1.165) is 24.4 Å². The molecule has 4 nitrogen and oxygen atoms in total. The Morgan fingerprint density at radius 3 is 3.00 bits per heavy atom. The van der Waals surface area contributed by atoms with E-state index in [0.29, 0.717) is 5.02 Å². The molecule has 1 aromatic rings. The average molecular weight is 249 g/mol. The Balaban J connectivity index is 2.92. The quantitative estimate of drug-likeness (QED) is 0.596. The highest BCUT2D eigenvalue weighted by Crippen LogP contribution is 2.24. The van der Waals surface area contributed by atoms with Gasteiger partial charge < -0.3 is 0 Å². The largest absolute Gasteiger partial charge is 0.271 e. The van der Waals surface area contributed by atoms with Crippen LogP contribution in [0.2, 0.25) is 5.02 Å². The molecule has 0 aromatic carbocycles. The maximum Gasteiger partial charge on any atom is 0.0834 e. The molecule has 0 aliphatic rings. The van der Waals surface area contributed by atoms with Crippen LogP contribution in [0.25, 0.3) is 0 Å². The summed E-state index contributed by atoms with van der Waals surface area (Å²) < 4.78 is 1.92. The van der Waals surface area contributed by atoms with Gasteiger partial charge in [-0.15, -0.1) is 0 Å². The van der Waals surface area contributed by atoms with Crippen LogP contribution in [0, 0.1) is 0 Å². The number of rotatable bonds is 6.